The number of rotatable bonds is 6. The van der Waals surface area contributed by atoms with Gasteiger partial charge in [0.2, 0.25) is 0 Å². The first-order chi connectivity index (χ1) is 10.5. The zero-order valence-corrected chi connectivity index (χ0v) is 14.6. The Morgan fingerprint density at radius 2 is 1.96 bits per heavy atom. The van der Waals surface area contributed by atoms with Crippen molar-refractivity contribution in [3.8, 4) is 6.07 Å². The molecule has 1 aliphatic heterocycles. The van der Waals surface area contributed by atoms with Crippen LogP contribution in [0.25, 0.3) is 0 Å². The summed E-state index contributed by atoms with van der Waals surface area (Å²) in [5.41, 5.74) is -1.21. The van der Waals surface area contributed by atoms with Gasteiger partial charge in [0.25, 0.3) is 0 Å². The average molecular weight is 325 g/mol. The smallest absolute Gasteiger partial charge is 0.410 e. The van der Waals surface area contributed by atoms with Crippen LogP contribution in [0.4, 0.5) is 4.79 Å². The van der Waals surface area contributed by atoms with Crippen LogP contribution < -0.4 is 0 Å². The van der Waals surface area contributed by atoms with Gasteiger partial charge in [0.05, 0.1) is 18.0 Å². The molecule has 1 heterocycles. The fraction of sp³-hybridized carbons (Fsp3) is 0.812. The van der Waals surface area contributed by atoms with Crippen molar-refractivity contribution >= 4 is 12.1 Å². The summed E-state index contributed by atoms with van der Waals surface area (Å²) in [5.74, 6) is -0.906. The SMILES string of the molecule is CC(C)N(CCC#N)C1(CC(=O)O)CN(C(=O)OC(C)(C)C)C1. The van der Waals surface area contributed by atoms with Crippen LogP contribution in [0.2, 0.25) is 0 Å². The Bertz CT molecular complexity index is 485. The molecule has 1 saturated heterocycles. The molecule has 0 unspecified atom stereocenters. The highest BCUT2D eigenvalue weighted by atomic mass is 16.6. The second kappa shape index (κ2) is 7.18. The van der Waals surface area contributed by atoms with Crippen LogP contribution in [-0.4, -0.2) is 63.8 Å². The first kappa shape index (κ1) is 19.2. The minimum absolute atomic E-state index is 0.0596. The van der Waals surface area contributed by atoms with Gasteiger partial charge in [-0.05, 0) is 34.6 Å². The van der Waals surface area contributed by atoms with E-state index < -0.39 is 23.2 Å². The van der Waals surface area contributed by atoms with Crippen LogP contribution in [0.5, 0.6) is 0 Å². The summed E-state index contributed by atoms with van der Waals surface area (Å²) in [7, 11) is 0. The van der Waals surface area contributed by atoms with Gasteiger partial charge in [-0.25, -0.2) is 4.79 Å². The van der Waals surface area contributed by atoms with E-state index in [0.717, 1.165) is 0 Å². The lowest BCUT2D eigenvalue weighted by molar-refractivity contribution is -0.147. The Hall–Kier alpha value is -1.81. The molecule has 1 fully saturated rings. The minimum atomic E-state index is -0.906. The Balaban J connectivity index is 2.85. The number of aliphatic carboxylic acids is 1. The predicted molar refractivity (Wildman–Crippen MR) is 84.9 cm³/mol. The van der Waals surface area contributed by atoms with Crippen LogP contribution in [0.15, 0.2) is 0 Å². The number of carboxylic acid groups (broad SMARTS) is 1. The Morgan fingerprint density at radius 3 is 2.35 bits per heavy atom. The lowest BCUT2D eigenvalue weighted by Crippen LogP contribution is -2.73. The molecule has 0 aromatic heterocycles. The van der Waals surface area contributed by atoms with Crippen LogP contribution in [0, 0.1) is 11.3 Å². The first-order valence-electron chi connectivity index (χ1n) is 7.84. The van der Waals surface area contributed by atoms with E-state index in [4.69, 9.17) is 10.00 Å². The highest BCUT2D eigenvalue weighted by Gasteiger charge is 2.52. The van der Waals surface area contributed by atoms with Crippen molar-refractivity contribution in [3.63, 3.8) is 0 Å². The molecule has 23 heavy (non-hydrogen) atoms. The molecule has 0 saturated carbocycles. The standard InChI is InChI=1S/C16H27N3O4/c1-12(2)19(8-6-7-17)16(9-13(20)21)10-18(11-16)14(22)23-15(3,4)5/h12H,6,8-11H2,1-5H3,(H,20,21). The van der Waals surface area contributed by atoms with Crippen molar-refractivity contribution in [1.82, 2.24) is 9.80 Å². The monoisotopic (exact) mass is 325 g/mol. The molecule has 1 amide bonds. The van der Waals surface area contributed by atoms with Crippen LogP contribution in [0.1, 0.15) is 47.5 Å². The van der Waals surface area contributed by atoms with Crippen molar-refractivity contribution in [1.29, 1.82) is 5.26 Å². The fourth-order valence-corrected chi connectivity index (χ4v) is 3.01. The third kappa shape index (κ3) is 5.10. The van der Waals surface area contributed by atoms with E-state index in [2.05, 4.69) is 6.07 Å². The number of nitrogens with zero attached hydrogens (tertiary/aromatic N) is 3. The van der Waals surface area contributed by atoms with Crippen molar-refractivity contribution in [2.45, 2.75) is 64.6 Å². The topological polar surface area (TPSA) is 93.9 Å². The molecule has 130 valence electrons. The third-order valence-corrected chi connectivity index (χ3v) is 3.80. The van der Waals surface area contributed by atoms with Crippen molar-refractivity contribution in [2.75, 3.05) is 19.6 Å². The largest absolute Gasteiger partial charge is 0.481 e. The zero-order valence-electron chi connectivity index (χ0n) is 14.6. The summed E-state index contributed by atoms with van der Waals surface area (Å²) in [4.78, 5) is 26.9. The van der Waals surface area contributed by atoms with Gasteiger partial charge in [-0.3, -0.25) is 9.69 Å². The first-order valence-corrected chi connectivity index (χ1v) is 7.84. The second-order valence-electron chi connectivity index (χ2n) is 7.33. The molecular weight excluding hydrogens is 298 g/mol. The van der Waals surface area contributed by atoms with Gasteiger partial charge >= 0.3 is 12.1 Å². The summed E-state index contributed by atoms with van der Waals surface area (Å²) in [6.45, 7) is 10.4. The van der Waals surface area contributed by atoms with Crippen LogP contribution in [0.3, 0.4) is 0 Å². The van der Waals surface area contributed by atoms with E-state index >= 15 is 0 Å². The Kier molecular flexibility index (Phi) is 6.00. The van der Waals surface area contributed by atoms with Gasteiger partial charge in [-0.1, -0.05) is 0 Å². The van der Waals surface area contributed by atoms with E-state index in [-0.39, 0.29) is 12.5 Å². The minimum Gasteiger partial charge on any atom is -0.481 e. The number of likely N-dealkylation sites (tertiary alicyclic amines) is 1. The number of ether oxygens (including phenoxy) is 1. The van der Waals surface area contributed by atoms with Gasteiger partial charge in [-0.15, -0.1) is 0 Å². The third-order valence-electron chi connectivity index (χ3n) is 3.80. The highest BCUT2D eigenvalue weighted by molar-refractivity contribution is 5.73. The molecule has 1 aliphatic rings. The molecule has 1 N–H and O–H groups in total. The van der Waals surface area contributed by atoms with E-state index in [9.17, 15) is 14.7 Å². The molecule has 0 aromatic rings. The van der Waals surface area contributed by atoms with Crippen molar-refractivity contribution in [3.05, 3.63) is 0 Å². The number of nitriles is 1. The molecule has 7 heteroatoms. The molecule has 0 spiro atoms. The van der Waals surface area contributed by atoms with Gasteiger partial charge in [0.1, 0.15) is 5.60 Å². The van der Waals surface area contributed by atoms with E-state index in [1.165, 1.54) is 4.90 Å². The number of carbonyl (C=O) groups excluding carboxylic acids is 1. The summed E-state index contributed by atoms with van der Waals surface area (Å²) in [6, 6.07) is 2.18. The summed E-state index contributed by atoms with van der Waals surface area (Å²) >= 11 is 0. The zero-order chi connectivity index (χ0) is 17.8. The number of hydrogen-bond acceptors (Lipinski definition) is 5. The molecular formula is C16H27N3O4. The molecule has 0 aliphatic carbocycles. The number of hydrogen-bond donors (Lipinski definition) is 1. The van der Waals surface area contributed by atoms with Gasteiger partial charge in [0.15, 0.2) is 0 Å². The predicted octanol–water partition coefficient (Wildman–Crippen LogP) is 2.07. The summed E-state index contributed by atoms with van der Waals surface area (Å²) in [6.07, 6.45) is -0.162. The Morgan fingerprint density at radius 1 is 1.39 bits per heavy atom. The number of carboxylic acids is 1. The lowest BCUT2D eigenvalue weighted by Gasteiger charge is -2.56. The molecule has 0 atom stereocenters. The normalized spacial score (nSPS) is 16.9. The van der Waals surface area contributed by atoms with Crippen LogP contribution >= 0.6 is 0 Å². The number of amides is 1. The maximum Gasteiger partial charge on any atom is 0.410 e. The maximum atomic E-state index is 12.1. The molecule has 0 bridgehead atoms. The summed E-state index contributed by atoms with van der Waals surface area (Å²) in [5, 5.41) is 18.1. The van der Waals surface area contributed by atoms with Crippen LogP contribution in [-0.2, 0) is 9.53 Å². The quantitative estimate of drug-likeness (QED) is 0.803. The van der Waals surface area contributed by atoms with E-state index in [1.54, 1.807) is 20.8 Å². The average Bonchev–Trinajstić information content (AvgIpc) is 2.31. The van der Waals surface area contributed by atoms with E-state index in [1.807, 2.05) is 18.7 Å². The van der Waals surface area contributed by atoms with E-state index in [0.29, 0.717) is 26.1 Å². The fourth-order valence-electron chi connectivity index (χ4n) is 3.01. The van der Waals surface area contributed by atoms with Gasteiger partial charge in [0, 0.05) is 32.1 Å². The molecule has 1 rings (SSSR count). The highest BCUT2D eigenvalue weighted by Crippen LogP contribution is 2.34. The Labute approximate surface area is 137 Å². The van der Waals surface area contributed by atoms with Gasteiger partial charge in [-0.2, -0.15) is 5.26 Å². The number of carbonyl (C=O) groups is 2. The molecule has 0 aromatic carbocycles. The molecule has 7 nitrogen and oxygen atoms in total. The molecule has 0 radical (unpaired) electrons. The van der Waals surface area contributed by atoms with Crippen molar-refractivity contribution in [2.24, 2.45) is 0 Å². The second-order valence-corrected chi connectivity index (χ2v) is 7.33. The lowest BCUT2D eigenvalue weighted by atomic mass is 9.83. The maximum absolute atomic E-state index is 12.1. The summed E-state index contributed by atoms with van der Waals surface area (Å²) < 4.78 is 5.33. The van der Waals surface area contributed by atoms with Gasteiger partial charge < -0.3 is 14.7 Å². The van der Waals surface area contributed by atoms with Crippen molar-refractivity contribution < 1.29 is 19.4 Å².